The molecule has 0 fully saturated rings. The Balaban J connectivity index is 2.14. The number of hydrogen-bond acceptors (Lipinski definition) is 2. The third-order valence-electron chi connectivity index (χ3n) is 3.78. The highest BCUT2D eigenvalue weighted by atomic mass is 16.5. The molecule has 1 aromatic carbocycles. The molecule has 1 aromatic rings. The molecule has 1 atom stereocenters. The Kier molecular flexibility index (Phi) is 3.96. The fourth-order valence-corrected chi connectivity index (χ4v) is 2.53. The number of rotatable bonds is 3. The predicted molar refractivity (Wildman–Crippen MR) is 76.0 cm³/mol. The topological polar surface area (TPSA) is 35.2 Å². The summed E-state index contributed by atoms with van der Waals surface area (Å²) in [4.78, 5) is 0. The Labute approximate surface area is 111 Å². The lowest BCUT2D eigenvalue weighted by atomic mass is 9.88. The fourth-order valence-electron chi connectivity index (χ4n) is 2.53. The number of ether oxygens (including phenoxy) is 1. The molecule has 2 nitrogen and oxygen atoms in total. The molecule has 1 unspecified atom stereocenters. The van der Waals surface area contributed by atoms with Gasteiger partial charge in [0.1, 0.15) is 11.9 Å². The van der Waals surface area contributed by atoms with Crippen molar-refractivity contribution in [3.63, 3.8) is 0 Å². The molecule has 0 aromatic heterocycles. The van der Waals surface area contributed by atoms with E-state index in [4.69, 9.17) is 10.5 Å². The van der Waals surface area contributed by atoms with Crippen LogP contribution < -0.4 is 10.5 Å². The van der Waals surface area contributed by atoms with Crippen LogP contribution in [0.25, 0.3) is 0 Å². The number of nitrogens with two attached hydrogens (primary N) is 1. The lowest BCUT2D eigenvalue weighted by molar-refractivity contribution is 0.0940. The van der Waals surface area contributed by atoms with Crippen molar-refractivity contribution in [1.29, 1.82) is 0 Å². The second-order valence-electron chi connectivity index (χ2n) is 6.35. The zero-order valence-electron chi connectivity index (χ0n) is 11.8. The Bertz CT molecular complexity index is 406. The first-order valence-corrected chi connectivity index (χ1v) is 6.99. The zero-order valence-corrected chi connectivity index (χ0v) is 11.8. The lowest BCUT2D eigenvalue weighted by Gasteiger charge is -2.30. The predicted octanol–water partition coefficient (Wildman–Crippen LogP) is 3.32. The minimum absolute atomic E-state index is 0.0686. The summed E-state index contributed by atoms with van der Waals surface area (Å²) in [6.07, 6.45) is 5.10. The summed E-state index contributed by atoms with van der Waals surface area (Å²) in [5, 5.41) is 0. The fraction of sp³-hybridized carbons (Fsp3) is 0.625. The molecular weight excluding hydrogens is 222 g/mol. The highest BCUT2D eigenvalue weighted by Crippen LogP contribution is 2.28. The summed E-state index contributed by atoms with van der Waals surface area (Å²) in [5.41, 5.74) is 8.85. The molecule has 18 heavy (non-hydrogen) atoms. The van der Waals surface area contributed by atoms with Crippen LogP contribution in [-0.4, -0.2) is 12.6 Å². The van der Waals surface area contributed by atoms with E-state index in [2.05, 4.69) is 39.0 Å². The molecule has 0 amide bonds. The molecule has 1 aliphatic rings. The molecule has 0 saturated heterocycles. The maximum Gasteiger partial charge on any atom is 0.120 e. The van der Waals surface area contributed by atoms with Crippen LogP contribution >= 0.6 is 0 Å². The van der Waals surface area contributed by atoms with Crippen LogP contribution in [-0.2, 0) is 12.8 Å². The van der Waals surface area contributed by atoms with Crippen molar-refractivity contribution in [2.24, 2.45) is 11.1 Å². The van der Waals surface area contributed by atoms with E-state index in [0.29, 0.717) is 6.54 Å². The molecule has 0 saturated carbocycles. The molecule has 0 heterocycles. The Morgan fingerprint density at radius 1 is 1.17 bits per heavy atom. The number of benzene rings is 1. The molecule has 2 N–H and O–H groups in total. The van der Waals surface area contributed by atoms with Crippen LogP contribution in [0.4, 0.5) is 0 Å². The van der Waals surface area contributed by atoms with Gasteiger partial charge in [0.25, 0.3) is 0 Å². The summed E-state index contributed by atoms with van der Waals surface area (Å²) < 4.78 is 6.07. The summed E-state index contributed by atoms with van der Waals surface area (Å²) in [5.74, 6) is 0.973. The number of aryl methyl sites for hydroxylation is 2. The van der Waals surface area contributed by atoms with E-state index < -0.39 is 0 Å². The highest BCUT2D eigenvalue weighted by Gasteiger charge is 2.25. The maximum absolute atomic E-state index is 6.07. The van der Waals surface area contributed by atoms with E-state index in [-0.39, 0.29) is 11.5 Å². The van der Waals surface area contributed by atoms with Crippen molar-refractivity contribution >= 4 is 0 Å². The molecule has 2 heteroatoms. The Morgan fingerprint density at radius 3 is 2.44 bits per heavy atom. The summed E-state index contributed by atoms with van der Waals surface area (Å²) in [7, 11) is 0. The van der Waals surface area contributed by atoms with Gasteiger partial charge in [0.2, 0.25) is 0 Å². The normalized spacial score (nSPS) is 17.1. The molecule has 0 spiro atoms. The molecule has 0 radical (unpaired) electrons. The first-order valence-electron chi connectivity index (χ1n) is 6.99. The maximum atomic E-state index is 6.07. The molecule has 100 valence electrons. The van der Waals surface area contributed by atoms with E-state index in [1.807, 2.05) is 0 Å². The van der Waals surface area contributed by atoms with Crippen LogP contribution in [0.1, 0.15) is 44.7 Å². The van der Waals surface area contributed by atoms with Gasteiger partial charge in [0, 0.05) is 12.0 Å². The van der Waals surface area contributed by atoms with Gasteiger partial charge in [-0.2, -0.15) is 0 Å². The molecular formula is C16H25NO. The van der Waals surface area contributed by atoms with Gasteiger partial charge in [-0.1, -0.05) is 26.8 Å². The van der Waals surface area contributed by atoms with Gasteiger partial charge >= 0.3 is 0 Å². The molecule has 1 aliphatic carbocycles. The van der Waals surface area contributed by atoms with E-state index >= 15 is 0 Å². The van der Waals surface area contributed by atoms with Crippen LogP contribution in [0.15, 0.2) is 18.2 Å². The van der Waals surface area contributed by atoms with Gasteiger partial charge in [-0.25, -0.2) is 0 Å². The van der Waals surface area contributed by atoms with E-state index in [1.54, 1.807) is 0 Å². The molecule has 0 aliphatic heterocycles. The van der Waals surface area contributed by atoms with E-state index in [0.717, 1.165) is 5.75 Å². The largest absolute Gasteiger partial charge is 0.489 e. The lowest BCUT2D eigenvalue weighted by Crippen LogP contribution is -2.38. The van der Waals surface area contributed by atoms with Crippen molar-refractivity contribution in [1.82, 2.24) is 0 Å². The number of fused-ring (bicyclic) bond motifs is 1. The summed E-state index contributed by atoms with van der Waals surface area (Å²) in [6, 6.07) is 6.53. The van der Waals surface area contributed by atoms with Crippen LogP contribution in [0, 0.1) is 5.41 Å². The average Bonchev–Trinajstić information content (AvgIpc) is 2.34. The van der Waals surface area contributed by atoms with Gasteiger partial charge in [-0.3, -0.25) is 0 Å². The van der Waals surface area contributed by atoms with E-state index in [9.17, 15) is 0 Å². The van der Waals surface area contributed by atoms with Crippen LogP contribution in [0.2, 0.25) is 0 Å². The zero-order chi connectivity index (χ0) is 13.2. The van der Waals surface area contributed by atoms with Gasteiger partial charge in [-0.15, -0.1) is 0 Å². The smallest absolute Gasteiger partial charge is 0.120 e. The van der Waals surface area contributed by atoms with Crippen molar-refractivity contribution < 1.29 is 4.74 Å². The second-order valence-corrected chi connectivity index (χ2v) is 6.35. The quantitative estimate of drug-likeness (QED) is 0.889. The Morgan fingerprint density at radius 2 is 1.83 bits per heavy atom. The van der Waals surface area contributed by atoms with Crippen molar-refractivity contribution in [3.05, 3.63) is 29.3 Å². The van der Waals surface area contributed by atoms with Gasteiger partial charge in [0.15, 0.2) is 0 Å². The monoisotopic (exact) mass is 247 g/mol. The Hall–Kier alpha value is -1.02. The minimum Gasteiger partial charge on any atom is -0.489 e. The second kappa shape index (κ2) is 5.31. The van der Waals surface area contributed by atoms with Gasteiger partial charge < -0.3 is 10.5 Å². The summed E-state index contributed by atoms with van der Waals surface area (Å²) in [6.45, 7) is 7.06. The van der Waals surface area contributed by atoms with Crippen molar-refractivity contribution in [2.75, 3.05) is 6.54 Å². The minimum atomic E-state index is 0.0686. The summed E-state index contributed by atoms with van der Waals surface area (Å²) >= 11 is 0. The standard InChI is InChI=1S/C16H25NO/c1-16(2,3)15(11-17)18-14-9-8-12-6-4-5-7-13(12)10-14/h8-10,15H,4-7,11,17H2,1-3H3. The SMILES string of the molecule is CC(C)(C)C(CN)Oc1ccc2c(c1)CCCC2. The van der Waals surface area contributed by atoms with Crippen molar-refractivity contribution in [2.45, 2.75) is 52.6 Å². The van der Waals surface area contributed by atoms with Crippen molar-refractivity contribution in [3.8, 4) is 5.75 Å². The molecule has 0 bridgehead atoms. The highest BCUT2D eigenvalue weighted by molar-refractivity contribution is 5.37. The number of hydrogen-bond donors (Lipinski definition) is 1. The van der Waals surface area contributed by atoms with Gasteiger partial charge in [-0.05, 0) is 48.9 Å². The average molecular weight is 247 g/mol. The van der Waals surface area contributed by atoms with E-state index in [1.165, 1.54) is 36.8 Å². The third kappa shape index (κ3) is 3.05. The first-order chi connectivity index (χ1) is 8.50. The third-order valence-corrected chi connectivity index (χ3v) is 3.78. The molecule has 2 rings (SSSR count). The van der Waals surface area contributed by atoms with Crippen LogP contribution in [0.5, 0.6) is 5.75 Å². The van der Waals surface area contributed by atoms with Gasteiger partial charge in [0.05, 0.1) is 0 Å². The first kappa shape index (κ1) is 13.4. The van der Waals surface area contributed by atoms with Crippen LogP contribution in [0.3, 0.4) is 0 Å².